The summed E-state index contributed by atoms with van der Waals surface area (Å²) in [5.74, 6) is 0.429. The van der Waals surface area contributed by atoms with Gasteiger partial charge in [0.2, 0.25) is 11.6 Å². The Kier molecular flexibility index (Phi) is 5.83. The zero-order chi connectivity index (χ0) is 20.1. The summed E-state index contributed by atoms with van der Waals surface area (Å²) in [4.78, 5) is 12.1. The molecule has 1 heterocycles. The Morgan fingerprint density at radius 2 is 1.79 bits per heavy atom. The molecular weight excluding hydrogens is 369 g/mol. The molecule has 0 aliphatic heterocycles. The molecular formula is C19H20FN3O5. The van der Waals surface area contributed by atoms with Gasteiger partial charge >= 0.3 is 5.76 Å². The summed E-state index contributed by atoms with van der Waals surface area (Å²) in [6.07, 6.45) is 0. The van der Waals surface area contributed by atoms with E-state index in [9.17, 15) is 9.18 Å². The van der Waals surface area contributed by atoms with E-state index >= 15 is 0 Å². The van der Waals surface area contributed by atoms with Crippen LogP contribution < -0.4 is 25.3 Å². The van der Waals surface area contributed by atoms with Gasteiger partial charge in [0.05, 0.1) is 20.8 Å². The smallest absolute Gasteiger partial charge is 0.439 e. The number of benzene rings is 2. The molecule has 3 rings (SSSR count). The molecule has 9 heteroatoms. The second-order valence-electron chi connectivity index (χ2n) is 5.66. The molecule has 1 N–H and O–H groups in total. The maximum absolute atomic E-state index is 13.0. The highest BCUT2D eigenvalue weighted by Crippen LogP contribution is 2.40. The third kappa shape index (κ3) is 4.08. The molecule has 0 aliphatic carbocycles. The van der Waals surface area contributed by atoms with Crippen molar-refractivity contribution in [2.24, 2.45) is 0 Å². The van der Waals surface area contributed by atoms with Crippen LogP contribution >= 0.6 is 0 Å². The van der Waals surface area contributed by atoms with Gasteiger partial charge in [-0.1, -0.05) is 0 Å². The Hall–Kier alpha value is -3.49. The van der Waals surface area contributed by atoms with Gasteiger partial charge in [0.1, 0.15) is 12.5 Å². The van der Waals surface area contributed by atoms with Crippen molar-refractivity contribution in [3.63, 3.8) is 0 Å². The summed E-state index contributed by atoms with van der Waals surface area (Å²) in [6, 6.07) is 9.05. The standard InChI is InChI=1S/C19H20FN3O5/c1-4-27-17-15(25-2)9-12(10-16(17)26-3)18-22-23(19(24)28-18)11-21-14-7-5-13(20)6-8-14/h5-10,21H,4,11H2,1-3H3. The monoisotopic (exact) mass is 389 g/mol. The second kappa shape index (κ2) is 8.47. The van der Waals surface area contributed by atoms with E-state index in [1.54, 1.807) is 24.3 Å². The fourth-order valence-corrected chi connectivity index (χ4v) is 2.55. The molecule has 0 aliphatic rings. The highest BCUT2D eigenvalue weighted by atomic mass is 19.1. The lowest BCUT2D eigenvalue weighted by Crippen LogP contribution is -2.20. The Bertz CT molecular complexity index is 973. The predicted molar refractivity (Wildman–Crippen MR) is 100 cm³/mol. The molecule has 0 atom stereocenters. The first kappa shape index (κ1) is 19.3. The average Bonchev–Trinajstić information content (AvgIpc) is 3.08. The third-order valence-corrected chi connectivity index (χ3v) is 3.88. The lowest BCUT2D eigenvalue weighted by molar-refractivity contribution is 0.288. The van der Waals surface area contributed by atoms with Crippen molar-refractivity contribution in [2.75, 3.05) is 26.1 Å². The number of hydrogen-bond donors (Lipinski definition) is 1. The van der Waals surface area contributed by atoms with Crippen LogP contribution in [0.2, 0.25) is 0 Å². The summed E-state index contributed by atoms with van der Waals surface area (Å²) in [5, 5.41) is 7.16. The van der Waals surface area contributed by atoms with Crippen LogP contribution in [-0.4, -0.2) is 30.6 Å². The molecule has 0 radical (unpaired) electrons. The van der Waals surface area contributed by atoms with Crippen LogP contribution in [0.25, 0.3) is 11.5 Å². The molecule has 8 nitrogen and oxygen atoms in total. The first-order valence-electron chi connectivity index (χ1n) is 8.52. The van der Waals surface area contributed by atoms with Gasteiger partial charge in [-0.05, 0) is 43.3 Å². The van der Waals surface area contributed by atoms with Crippen molar-refractivity contribution in [3.05, 3.63) is 52.8 Å². The highest BCUT2D eigenvalue weighted by molar-refractivity contribution is 5.65. The fourth-order valence-electron chi connectivity index (χ4n) is 2.55. The maximum atomic E-state index is 13.0. The van der Waals surface area contributed by atoms with E-state index in [4.69, 9.17) is 18.6 Å². The van der Waals surface area contributed by atoms with Gasteiger partial charge in [-0.15, -0.1) is 5.10 Å². The van der Waals surface area contributed by atoms with Crippen molar-refractivity contribution < 1.29 is 23.0 Å². The van der Waals surface area contributed by atoms with Gasteiger partial charge in [0.15, 0.2) is 11.5 Å². The zero-order valence-corrected chi connectivity index (χ0v) is 15.7. The SMILES string of the molecule is CCOc1c(OC)cc(-c2nn(CNc3ccc(F)cc3)c(=O)o2)cc1OC. The Labute approximate surface area is 160 Å². The van der Waals surface area contributed by atoms with Crippen LogP contribution in [0.4, 0.5) is 10.1 Å². The first-order valence-corrected chi connectivity index (χ1v) is 8.52. The van der Waals surface area contributed by atoms with Gasteiger partial charge in [0.25, 0.3) is 0 Å². The zero-order valence-electron chi connectivity index (χ0n) is 15.7. The van der Waals surface area contributed by atoms with Gasteiger partial charge in [-0.3, -0.25) is 0 Å². The van der Waals surface area contributed by atoms with Crippen LogP contribution in [0.15, 0.2) is 45.6 Å². The Morgan fingerprint density at radius 3 is 2.36 bits per heavy atom. The van der Waals surface area contributed by atoms with Crippen molar-refractivity contribution in [3.8, 4) is 28.7 Å². The fraction of sp³-hybridized carbons (Fsp3) is 0.263. The number of anilines is 1. The minimum atomic E-state index is -0.642. The minimum Gasteiger partial charge on any atom is -0.493 e. The van der Waals surface area contributed by atoms with Crippen LogP contribution in [0.5, 0.6) is 17.2 Å². The summed E-state index contributed by atoms with van der Waals surface area (Å²) in [7, 11) is 3.00. The molecule has 3 aromatic rings. The van der Waals surface area contributed by atoms with Gasteiger partial charge in [0, 0.05) is 11.3 Å². The summed E-state index contributed by atoms with van der Waals surface area (Å²) >= 11 is 0. The number of rotatable bonds is 8. The van der Waals surface area contributed by atoms with E-state index in [0.29, 0.717) is 35.1 Å². The Balaban J connectivity index is 1.87. The van der Waals surface area contributed by atoms with E-state index in [2.05, 4.69) is 10.4 Å². The molecule has 1 aromatic heterocycles. The molecule has 0 amide bonds. The van der Waals surface area contributed by atoms with E-state index in [-0.39, 0.29) is 18.4 Å². The number of aromatic nitrogens is 2. The molecule has 0 saturated carbocycles. The van der Waals surface area contributed by atoms with Crippen molar-refractivity contribution in [1.82, 2.24) is 9.78 Å². The number of ether oxygens (including phenoxy) is 3. The molecule has 2 aromatic carbocycles. The molecule has 28 heavy (non-hydrogen) atoms. The normalized spacial score (nSPS) is 10.6. The topological polar surface area (TPSA) is 87.8 Å². The lowest BCUT2D eigenvalue weighted by Gasteiger charge is -2.14. The van der Waals surface area contributed by atoms with Crippen LogP contribution in [0, 0.1) is 5.82 Å². The third-order valence-electron chi connectivity index (χ3n) is 3.88. The van der Waals surface area contributed by atoms with Crippen molar-refractivity contribution in [2.45, 2.75) is 13.6 Å². The number of halogens is 1. The summed E-state index contributed by atoms with van der Waals surface area (Å²) in [5.41, 5.74) is 1.14. The average molecular weight is 389 g/mol. The van der Waals surface area contributed by atoms with Gasteiger partial charge < -0.3 is 23.9 Å². The highest BCUT2D eigenvalue weighted by Gasteiger charge is 2.18. The largest absolute Gasteiger partial charge is 0.493 e. The number of nitrogens with one attached hydrogen (secondary N) is 1. The first-order chi connectivity index (χ1) is 13.5. The Morgan fingerprint density at radius 1 is 1.14 bits per heavy atom. The lowest BCUT2D eigenvalue weighted by atomic mass is 10.2. The number of hydrogen-bond acceptors (Lipinski definition) is 7. The second-order valence-corrected chi connectivity index (χ2v) is 5.66. The van der Waals surface area contributed by atoms with Crippen LogP contribution in [0.1, 0.15) is 6.92 Å². The molecule has 0 saturated heterocycles. The maximum Gasteiger partial charge on any atom is 0.439 e. The minimum absolute atomic E-state index is 0.0548. The van der Waals surface area contributed by atoms with Crippen LogP contribution in [-0.2, 0) is 6.67 Å². The van der Waals surface area contributed by atoms with E-state index in [1.165, 1.54) is 26.4 Å². The molecule has 0 unspecified atom stereocenters. The summed E-state index contributed by atoms with van der Waals surface area (Å²) in [6.45, 7) is 2.34. The van der Waals surface area contributed by atoms with Crippen molar-refractivity contribution in [1.29, 1.82) is 0 Å². The molecule has 148 valence electrons. The van der Waals surface area contributed by atoms with Gasteiger partial charge in [-0.2, -0.15) is 4.68 Å². The molecule has 0 bridgehead atoms. The van der Waals surface area contributed by atoms with E-state index in [1.807, 2.05) is 6.92 Å². The van der Waals surface area contributed by atoms with E-state index < -0.39 is 5.76 Å². The molecule has 0 spiro atoms. The molecule has 0 fully saturated rings. The van der Waals surface area contributed by atoms with Crippen LogP contribution in [0.3, 0.4) is 0 Å². The summed E-state index contributed by atoms with van der Waals surface area (Å²) < 4.78 is 35.6. The number of nitrogens with zero attached hydrogens (tertiary/aromatic N) is 2. The van der Waals surface area contributed by atoms with Gasteiger partial charge in [-0.25, -0.2) is 9.18 Å². The predicted octanol–water partition coefficient (Wildman–Crippen LogP) is 3.13. The van der Waals surface area contributed by atoms with Crippen molar-refractivity contribution >= 4 is 5.69 Å². The van der Waals surface area contributed by atoms with E-state index in [0.717, 1.165) is 4.68 Å². The number of methoxy groups -OCH3 is 2. The quantitative estimate of drug-likeness (QED) is 0.633.